The van der Waals surface area contributed by atoms with E-state index in [-0.39, 0.29) is 11.7 Å². The van der Waals surface area contributed by atoms with E-state index in [1.165, 1.54) is 17.4 Å². The van der Waals surface area contributed by atoms with Crippen molar-refractivity contribution >= 4 is 34.5 Å². The van der Waals surface area contributed by atoms with Gasteiger partial charge in [-0.1, -0.05) is 29.8 Å². The highest BCUT2D eigenvalue weighted by molar-refractivity contribution is 7.16. The Morgan fingerprint density at radius 1 is 1.21 bits per heavy atom. The molecule has 4 aromatic rings. The predicted molar refractivity (Wildman–Crippen MR) is 108 cm³/mol. The van der Waals surface area contributed by atoms with Crippen LogP contribution >= 0.6 is 22.9 Å². The monoisotopic (exact) mass is 411 g/mol. The lowest BCUT2D eigenvalue weighted by atomic mass is 9.92. The number of pyridine rings is 1. The number of thiophene rings is 1. The second-order valence-electron chi connectivity index (χ2n) is 6.71. The van der Waals surface area contributed by atoms with E-state index in [1.807, 2.05) is 16.5 Å². The lowest BCUT2D eigenvalue weighted by molar-refractivity contribution is 0.0693. The summed E-state index contributed by atoms with van der Waals surface area (Å²) >= 11 is 7.75. The van der Waals surface area contributed by atoms with E-state index in [2.05, 4.69) is 4.98 Å². The first-order valence-electron chi connectivity index (χ1n) is 8.88. The third-order valence-electron chi connectivity index (χ3n) is 5.09. The second kappa shape index (κ2) is 6.72. The summed E-state index contributed by atoms with van der Waals surface area (Å²) in [5.41, 5.74) is 2.70. The number of hydrogen-bond donors (Lipinski definition) is 0. The first-order chi connectivity index (χ1) is 13.6. The number of aromatic nitrogens is 2. The summed E-state index contributed by atoms with van der Waals surface area (Å²) in [5.74, 6) is -0.470. The number of carbonyl (C=O) groups is 1. The second-order valence-corrected chi connectivity index (χ2v) is 8.48. The van der Waals surface area contributed by atoms with Crippen molar-refractivity contribution in [3.05, 3.63) is 92.8 Å². The molecule has 4 nitrogen and oxygen atoms in total. The molecule has 0 fully saturated rings. The summed E-state index contributed by atoms with van der Waals surface area (Å²) in [6.07, 6.45) is 5.95. The Bertz CT molecular complexity index is 1200. The summed E-state index contributed by atoms with van der Waals surface area (Å²) in [5, 5.41) is 0. The fraction of sp³-hybridized carbons (Fsp3) is 0.143. The summed E-state index contributed by atoms with van der Waals surface area (Å²) in [6.45, 7) is 0.504. The zero-order chi connectivity index (χ0) is 19.3. The van der Waals surface area contributed by atoms with Gasteiger partial charge in [0.15, 0.2) is 0 Å². The number of imidazole rings is 1. The molecule has 4 heterocycles. The quantitative estimate of drug-likeness (QED) is 0.466. The van der Waals surface area contributed by atoms with Gasteiger partial charge in [-0.2, -0.15) is 0 Å². The Morgan fingerprint density at radius 2 is 2.07 bits per heavy atom. The molecule has 1 atom stereocenters. The predicted octanol–water partition coefficient (Wildman–Crippen LogP) is 4.98. The summed E-state index contributed by atoms with van der Waals surface area (Å²) in [4.78, 5) is 20.5. The van der Waals surface area contributed by atoms with Gasteiger partial charge in [-0.15, -0.1) is 11.3 Å². The van der Waals surface area contributed by atoms with E-state index in [1.54, 1.807) is 47.8 Å². The standard InChI is InChI=1S/C21H15ClFN3OS/c22-18-11-15-17(28-18)7-9-26(20(15)14-3-1-2-4-16(14)23)21(27)13-5-6-19-24-8-10-25(19)12-13/h1-6,8,10-12,20H,7,9H2. The number of nitrogens with zero attached hydrogens (tertiary/aromatic N) is 3. The topological polar surface area (TPSA) is 37.6 Å². The molecule has 140 valence electrons. The number of rotatable bonds is 2. The van der Waals surface area contributed by atoms with Crippen LogP contribution in [-0.2, 0) is 6.42 Å². The van der Waals surface area contributed by atoms with E-state index in [4.69, 9.17) is 11.6 Å². The van der Waals surface area contributed by atoms with Crippen LogP contribution in [0.3, 0.4) is 0 Å². The van der Waals surface area contributed by atoms with Crippen molar-refractivity contribution in [2.75, 3.05) is 6.54 Å². The zero-order valence-electron chi connectivity index (χ0n) is 14.7. The normalized spacial score (nSPS) is 16.4. The maximum absolute atomic E-state index is 14.7. The molecule has 1 unspecified atom stereocenters. The molecule has 28 heavy (non-hydrogen) atoms. The molecule has 1 aliphatic heterocycles. The number of hydrogen-bond acceptors (Lipinski definition) is 3. The zero-order valence-corrected chi connectivity index (χ0v) is 16.3. The molecule has 0 spiro atoms. The van der Waals surface area contributed by atoms with Gasteiger partial charge in [0.2, 0.25) is 0 Å². The summed E-state index contributed by atoms with van der Waals surface area (Å²) < 4.78 is 17.2. The number of carbonyl (C=O) groups excluding carboxylic acids is 1. The van der Waals surface area contributed by atoms with Crippen LogP contribution < -0.4 is 0 Å². The van der Waals surface area contributed by atoms with E-state index < -0.39 is 6.04 Å². The third kappa shape index (κ3) is 2.80. The highest BCUT2D eigenvalue weighted by Gasteiger charge is 2.35. The van der Waals surface area contributed by atoms with Crippen molar-refractivity contribution in [2.45, 2.75) is 12.5 Å². The third-order valence-corrected chi connectivity index (χ3v) is 6.43. The molecule has 0 bridgehead atoms. The van der Waals surface area contributed by atoms with Crippen LogP contribution in [0, 0.1) is 5.82 Å². The van der Waals surface area contributed by atoms with Gasteiger partial charge in [-0.3, -0.25) is 4.79 Å². The average Bonchev–Trinajstić information content (AvgIpc) is 3.32. The Kier molecular flexibility index (Phi) is 4.18. The van der Waals surface area contributed by atoms with Gasteiger partial charge < -0.3 is 9.30 Å². The van der Waals surface area contributed by atoms with E-state index >= 15 is 0 Å². The molecule has 0 saturated carbocycles. The van der Waals surface area contributed by atoms with Gasteiger partial charge in [0, 0.05) is 35.6 Å². The molecule has 0 aliphatic carbocycles. The van der Waals surface area contributed by atoms with Crippen LogP contribution in [-0.4, -0.2) is 26.7 Å². The number of halogens is 2. The van der Waals surface area contributed by atoms with Gasteiger partial charge in [0.1, 0.15) is 11.5 Å². The fourth-order valence-corrected chi connectivity index (χ4v) is 5.12. The Morgan fingerprint density at radius 3 is 2.93 bits per heavy atom. The van der Waals surface area contributed by atoms with E-state index in [0.29, 0.717) is 28.4 Å². The summed E-state index contributed by atoms with van der Waals surface area (Å²) in [6, 6.07) is 11.5. The van der Waals surface area contributed by atoms with Crippen LogP contribution in [0.15, 0.2) is 61.1 Å². The molecule has 7 heteroatoms. The van der Waals surface area contributed by atoms with Crippen molar-refractivity contribution < 1.29 is 9.18 Å². The lowest BCUT2D eigenvalue weighted by Crippen LogP contribution is -2.40. The Labute approximate surface area is 169 Å². The molecule has 0 saturated heterocycles. The maximum Gasteiger partial charge on any atom is 0.256 e. The van der Waals surface area contributed by atoms with Crippen LogP contribution in [0.1, 0.15) is 32.4 Å². The van der Waals surface area contributed by atoms with Crippen LogP contribution in [0.5, 0.6) is 0 Å². The van der Waals surface area contributed by atoms with E-state index in [0.717, 1.165) is 16.1 Å². The van der Waals surface area contributed by atoms with Crippen LogP contribution in [0.25, 0.3) is 5.65 Å². The number of amides is 1. The average molecular weight is 412 g/mol. The fourth-order valence-electron chi connectivity index (χ4n) is 3.82. The molecule has 5 rings (SSSR count). The lowest BCUT2D eigenvalue weighted by Gasteiger charge is -2.36. The molecule has 1 amide bonds. The molecule has 0 N–H and O–H groups in total. The van der Waals surface area contributed by atoms with E-state index in [9.17, 15) is 9.18 Å². The Hall–Kier alpha value is -2.70. The molecular weight excluding hydrogens is 397 g/mol. The van der Waals surface area contributed by atoms with Crippen molar-refractivity contribution in [3.63, 3.8) is 0 Å². The summed E-state index contributed by atoms with van der Waals surface area (Å²) in [7, 11) is 0. The maximum atomic E-state index is 14.7. The highest BCUT2D eigenvalue weighted by Crippen LogP contribution is 2.42. The molecule has 0 radical (unpaired) electrons. The minimum atomic E-state index is -0.500. The Balaban J connectivity index is 1.62. The van der Waals surface area contributed by atoms with Crippen molar-refractivity contribution in [1.29, 1.82) is 0 Å². The molecule has 3 aromatic heterocycles. The van der Waals surface area contributed by atoms with Gasteiger partial charge in [-0.25, -0.2) is 9.37 Å². The minimum Gasteiger partial charge on any atom is -0.327 e. The molecular formula is C21H15ClFN3OS. The largest absolute Gasteiger partial charge is 0.327 e. The minimum absolute atomic E-state index is 0.142. The number of benzene rings is 1. The van der Waals surface area contributed by atoms with Gasteiger partial charge >= 0.3 is 0 Å². The van der Waals surface area contributed by atoms with Crippen LogP contribution in [0.2, 0.25) is 4.34 Å². The smallest absolute Gasteiger partial charge is 0.256 e. The van der Waals surface area contributed by atoms with Crippen molar-refractivity contribution in [1.82, 2.24) is 14.3 Å². The van der Waals surface area contributed by atoms with Crippen molar-refractivity contribution in [3.8, 4) is 0 Å². The first kappa shape index (κ1) is 17.4. The molecule has 1 aromatic carbocycles. The van der Waals surface area contributed by atoms with Gasteiger partial charge in [-0.05, 0) is 36.2 Å². The number of fused-ring (bicyclic) bond motifs is 2. The van der Waals surface area contributed by atoms with Crippen LogP contribution in [0.4, 0.5) is 4.39 Å². The SMILES string of the molecule is O=C(c1ccc2nccn2c1)N1CCc2sc(Cl)cc2C1c1ccccc1F. The van der Waals surface area contributed by atoms with Gasteiger partial charge in [0.05, 0.1) is 15.9 Å². The first-order valence-corrected chi connectivity index (χ1v) is 10.1. The van der Waals surface area contributed by atoms with Gasteiger partial charge in [0.25, 0.3) is 5.91 Å². The van der Waals surface area contributed by atoms with Crippen molar-refractivity contribution in [2.24, 2.45) is 0 Å². The molecule has 1 aliphatic rings. The highest BCUT2D eigenvalue weighted by atomic mass is 35.5.